The van der Waals surface area contributed by atoms with E-state index in [2.05, 4.69) is 0 Å². The fourth-order valence-electron chi connectivity index (χ4n) is 1.86. The topological polar surface area (TPSA) is 35.5 Å². The van der Waals surface area contributed by atoms with Crippen molar-refractivity contribution in [1.29, 1.82) is 0 Å². The molecule has 0 amide bonds. The lowest BCUT2D eigenvalue weighted by Crippen LogP contribution is -2.19. The van der Waals surface area contributed by atoms with Crippen LogP contribution in [0.4, 0.5) is 0 Å². The largest absolute Gasteiger partial charge is 0.497 e. The molecular formula is C12H14O3. The van der Waals surface area contributed by atoms with Crippen LogP contribution in [-0.4, -0.2) is 19.7 Å². The Bertz CT molecular complexity index is 360. The third-order valence-corrected chi connectivity index (χ3v) is 2.71. The van der Waals surface area contributed by atoms with Gasteiger partial charge in [0.15, 0.2) is 0 Å². The second kappa shape index (κ2) is 4.34. The van der Waals surface area contributed by atoms with Crippen molar-refractivity contribution in [2.45, 2.75) is 18.8 Å². The summed E-state index contributed by atoms with van der Waals surface area (Å²) in [5, 5.41) is 0. The van der Waals surface area contributed by atoms with E-state index in [1.54, 1.807) is 7.11 Å². The Hall–Kier alpha value is -1.51. The highest BCUT2D eigenvalue weighted by molar-refractivity contribution is 5.71. The van der Waals surface area contributed by atoms with Gasteiger partial charge < -0.3 is 9.47 Å². The summed E-state index contributed by atoms with van der Waals surface area (Å²) >= 11 is 0. The van der Waals surface area contributed by atoms with E-state index in [4.69, 9.17) is 9.47 Å². The molecule has 3 heteroatoms. The average Bonchev–Trinajstić information content (AvgIpc) is 2.29. The molecule has 0 bridgehead atoms. The van der Waals surface area contributed by atoms with E-state index < -0.39 is 0 Å². The third-order valence-electron chi connectivity index (χ3n) is 2.71. The van der Waals surface area contributed by atoms with Crippen molar-refractivity contribution in [3.05, 3.63) is 29.8 Å². The van der Waals surface area contributed by atoms with Crippen LogP contribution in [0.2, 0.25) is 0 Å². The third kappa shape index (κ3) is 2.29. The van der Waals surface area contributed by atoms with Crippen molar-refractivity contribution in [3.63, 3.8) is 0 Å². The number of benzene rings is 1. The van der Waals surface area contributed by atoms with Crippen LogP contribution < -0.4 is 4.74 Å². The molecule has 2 rings (SSSR count). The summed E-state index contributed by atoms with van der Waals surface area (Å²) < 4.78 is 10.1. The van der Waals surface area contributed by atoms with Crippen LogP contribution in [0.5, 0.6) is 5.75 Å². The quantitative estimate of drug-likeness (QED) is 0.695. The molecule has 3 nitrogen and oxygen atoms in total. The molecule has 0 N–H and O–H groups in total. The highest BCUT2D eigenvalue weighted by Crippen LogP contribution is 2.29. The van der Waals surface area contributed by atoms with Crippen LogP contribution in [0, 0.1) is 0 Å². The van der Waals surface area contributed by atoms with Gasteiger partial charge in [-0.15, -0.1) is 0 Å². The van der Waals surface area contributed by atoms with Gasteiger partial charge in [-0.25, -0.2) is 0 Å². The standard InChI is InChI=1S/C12H14O3/c1-14-11-4-2-3-9(7-11)10-5-6-15-12(13)8-10/h2-4,7,10H,5-6,8H2,1H3. The summed E-state index contributed by atoms with van der Waals surface area (Å²) in [5.41, 5.74) is 1.16. The zero-order valence-electron chi connectivity index (χ0n) is 8.73. The Labute approximate surface area is 89.0 Å². The number of carbonyl (C=O) groups excluding carboxylic acids is 1. The van der Waals surface area contributed by atoms with Gasteiger partial charge in [-0.05, 0) is 30.0 Å². The summed E-state index contributed by atoms with van der Waals surface area (Å²) in [6, 6.07) is 7.88. The maximum atomic E-state index is 11.1. The van der Waals surface area contributed by atoms with E-state index in [0.717, 1.165) is 17.7 Å². The molecule has 1 unspecified atom stereocenters. The Morgan fingerprint density at radius 1 is 1.47 bits per heavy atom. The molecule has 0 aliphatic carbocycles. The van der Waals surface area contributed by atoms with Crippen molar-refractivity contribution in [1.82, 2.24) is 0 Å². The Morgan fingerprint density at radius 3 is 3.07 bits per heavy atom. The molecule has 1 aromatic carbocycles. The number of ether oxygens (including phenoxy) is 2. The van der Waals surface area contributed by atoms with Gasteiger partial charge in [-0.3, -0.25) is 4.79 Å². The van der Waals surface area contributed by atoms with E-state index >= 15 is 0 Å². The van der Waals surface area contributed by atoms with Crippen molar-refractivity contribution in [2.24, 2.45) is 0 Å². The first-order chi connectivity index (χ1) is 7.29. The van der Waals surface area contributed by atoms with Gasteiger partial charge in [0.05, 0.1) is 20.1 Å². The highest BCUT2D eigenvalue weighted by atomic mass is 16.5. The minimum absolute atomic E-state index is 0.103. The van der Waals surface area contributed by atoms with Crippen LogP contribution in [0.15, 0.2) is 24.3 Å². The van der Waals surface area contributed by atoms with Crippen molar-refractivity contribution < 1.29 is 14.3 Å². The lowest BCUT2D eigenvalue weighted by Gasteiger charge is -2.21. The van der Waals surface area contributed by atoms with Crippen molar-refractivity contribution in [3.8, 4) is 5.75 Å². The van der Waals surface area contributed by atoms with Gasteiger partial charge in [-0.2, -0.15) is 0 Å². The van der Waals surface area contributed by atoms with Crippen LogP contribution >= 0.6 is 0 Å². The van der Waals surface area contributed by atoms with Gasteiger partial charge in [-0.1, -0.05) is 12.1 Å². The Balaban J connectivity index is 2.17. The lowest BCUT2D eigenvalue weighted by atomic mass is 9.91. The van der Waals surface area contributed by atoms with E-state index in [0.29, 0.717) is 13.0 Å². The summed E-state index contributed by atoms with van der Waals surface area (Å²) in [5.74, 6) is 1.02. The van der Waals surface area contributed by atoms with Gasteiger partial charge >= 0.3 is 5.97 Å². The number of hydrogen-bond acceptors (Lipinski definition) is 3. The lowest BCUT2D eigenvalue weighted by molar-refractivity contribution is -0.147. The number of methoxy groups -OCH3 is 1. The van der Waals surface area contributed by atoms with E-state index in [1.165, 1.54) is 0 Å². The number of cyclic esters (lactones) is 1. The van der Waals surface area contributed by atoms with Gasteiger partial charge in [0, 0.05) is 0 Å². The smallest absolute Gasteiger partial charge is 0.306 e. The molecule has 15 heavy (non-hydrogen) atoms. The predicted octanol–water partition coefficient (Wildman–Crippen LogP) is 2.12. The van der Waals surface area contributed by atoms with Crippen LogP contribution in [0.3, 0.4) is 0 Å². The first-order valence-electron chi connectivity index (χ1n) is 5.09. The van der Waals surface area contributed by atoms with E-state index in [9.17, 15) is 4.79 Å². The monoisotopic (exact) mass is 206 g/mol. The molecular weight excluding hydrogens is 192 g/mol. The van der Waals surface area contributed by atoms with Gasteiger partial charge in [0.2, 0.25) is 0 Å². The van der Waals surface area contributed by atoms with Crippen LogP contribution in [0.1, 0.15) is 24.3 Å². The minimum Gasteiger partial charge on any atom is -0.497 e. The molecule has 1 fully saturated rings. The normalized spacial score (nSPS) is 20.9. The zero-order chi connectivity index (χ0) is 10.7. The number of esters is 1. The molecule has 0 radical (unpaired) electrons. The summed E-state index contributed by atoms with van der Waals surface area (Å²) in [6.07, 6.45) is 1.38. The van der Waals surface area contributed by atoms with Crippen molar-refractivity contribution >= 4 is 5.97 Å². The molecule has 1 aliphatic heterocycles. The SMILES string of the molecule is COc1cccc(C2CCOC(=O)C2)c1. The van der Waals surface area contributed by atoms with Crippen LogP contribution in [0.25, 0.3) is 0 Å². The zero-order valence-corrected chi connectivity index (χ0v) is 8.73. The Morgan fingerprint density at radius 2 is 2.33 bits per heavy atom. The highest BCUT2D eigenvalue weighted by Gasteiger charge is 2.22. The number of hydrogen-bond donors (Lipinski definition) is 0. The van der Waals surface area contributed by atoms with Gasteiger partial charge in [0.25, 0.3) is 0 Å². The second-order valence-electron chi connectivity index (χ2n) is 3.69. The molecule has 1 heterocycles. The average molecular weight is 206 g/mol. The fraction of sp³-hybridized carbons (Fsp3) is 0.417. The fourth-order valence-corrected chi connectivity index (χ4v) is 1.86. The first-order valence-corrected chi connectivity index (χ1v) is 5.09. The molecule has 1 aliphatic rings. The molecule has 80 valence electrons. The van der Waals surface area contributed by atoms with Crippen molar-refractivity contribution in [2.75, 3.05) is 13.7 Å². The molecule has 1 saturated heterocycles. The van der Waals surface area contributed by atoms with Gasteiger partial charge in [0.1, 0.15) is 5.75 Å². The molecule has 0 spiro atoms. The molecule has 1 atom stereocenters. The van der Waals surface area contributed by atoms with E-state index in [1.807, 2.05) is 24.3 Å². The molecule has 0 aromatic heterocycles. The molecule has 1 aromatic rings. The Kier molecular flexibility index (Phi) is 2.90. The second-order valence-corrected chi connectivity index (χ2v) is 3.69. The maximum Gasteiger partial charge on any atom is 0.306 e. The number of carbonyl (C=O) groups is 1. The maximum absolute atomic E-state index is 11.1. The first kappa shape index (κ1) is 10.0. The summed E-state index contributed by atoms with van der Waals surface area (Å²) in [6.45, 7) is 0.528. The summed E-state index contributed by atoms with van der Waals surface area (Å²) in [4.78, 5) is 11.1. The predicted molar refractivity (Wildman–Crippen MR) is 55.9 cm³/mol. The van der Waals surface area contributed by atoms with Crippen LogP contribution in [-0.2, 0) is 9.53 Å². The molecule has 0 saturated carbocycles. The van der Waals surface area contributed by atoms with E-state index in [-0.39, 0.29) is 11.9 Å². The number of rotatable bonds is 2. The minimum atomic E-state index is -0.103. The summed E-state index contributed by atoms with van der Waals surface area (Å²) in [7, 11) is 1.65.